The Labute approximate surface area is 193 Å². The summed E-state index contributed by atoms with van der Waals surface area (Å²) in [6.07, 6.45) is -0.367. The minimum Gasteiger partial charge on any atom is -0.508 e. The molecule has 2 aliphatic heterocycles. The second kappa shape index (κ2) is 8.09. The summed E-state index contributed by atoms with van der Waals surface area (Å²) in [4.78, 5) is 11.9. The standard InChI is InChI=1S/C19H22N6O8S/c20-16-14-17(22-9-21-16)25(10-23-14)19(28)8-32-13(15(19)27)5-33-34(29,30)24-18(6-31-7-18)11-3-1-2-4-12(11)26/h1-4,9-10,13,15,24,26-28H,5-8H2,(H2,20,21,22)/t13-,15-,19-/m1/s1. The van der Waals surface area contributed by atoms with Crippen molar-refractivity contribution in [3.05, 3.63) is 42.5 Å². The van der Waals surface area contributed by atoms with Crippen LogP contribution in [0.4, 0.5) is 5.82 Å². The Hall–Kier alpha value is -2.92. The van der Waals surface area contributed by atoms with Gasteiger partial charge in [-0.25, -0.2) is 15.0 Å². The summed E-state index contributed by atoms with van der Waals surface area (Å²) in [5.74, 6) is 0.00118. The third-order valence-electron chi connectivity index (χ3n) is 5.94. The second-order valence-electron chi connectivity index (χ2n) is 8.15. The first-order valence-corrected chi connectivity index (χ1v) is 11.6. The molecule has 14 nitrogen and oxygen atoms in total. The maximum absolute atomic E-state index is 12.7. The lowest BCUT2D eigenvalue weighted by Gasteiger charge is -2.41. The highest BCUT2D eigenvalue weighted by atomic mass is 32.2. The van der Waals surface area contributed by atoms with Gasteiger partial charge in [-0.15, -0.1) is 0 Å². The number of nitrogens with one attached hydrogen (secondary N) is 1. The second-order valence-corrected chi connectivity index (χ2v) is 9.50. The van der Waals surface area contributed by atoms with E-state index in [-0.39, 0.29) is 42.6 Å². The van der Waals surface area contributed by atoms with Gasteiger partial charge in [0.25, 0.3) is 0 Å². The molecule has 2 aliphatic rings. The summed E-state index contributed by atoms with van der Waals surface area (Å²) in [6.45, 7) is -0.997. The first-order chi connectivity index (χ1) is 16.2. The monoisotopic (exact) mass is 494 g/mol. The topological polar surface area (TPSA) is 204 Å². The number of ether oxygens (including phenoxy) is 2. The van der Waals surface area contributed by atoms with Crippen molar-refractivity contribution in [3.8, 4) is 5.75 Å². The van der Waals surface area contributed by atoms with Gasteiger partial charge in [0.2, 0.25) is 0 Å². The Kier molecular flexibility index (Phi) is 5.44. The van der Waals surface area contributed by atoms with Crippen molar-refractivity contribution in [2.45, 2.75) is 23.5 Å². The highest BCUT2D eigenvalue weighted by Gasteiger charge is 2.51. The van der Waals surface area contributed by atoms with Crippen LogP contribution in [0.5, 0.6) is 5.75 Å². The van der Waals surface area contributed by atoms with Crippen molar-refractivity contribution < 1.29 is 37.4 Å². The number of phenolic OH excluding ortho intramolecular Hbond substituents is 1. The largest absolute Gasteiger partial charge is 0.508 e. The van der Waals surface area contributed by atoms with E-state index >= 15 is 0 Å². The van der Waals surface area contributed by atoms with Crippen LogP contribution in [0.2, 0.25) is 0 Å². The van der Waals surface area contributed by atoms with Crippen molar-refractivity contribution in [1.29, 1.82) is 0 Å². The Morgan fingerprint density at radius 1 is 1.24 bits per heavy atom. The highest BCUT2D eigenvalue weighted by molar-refractivity contribution is 7.84. The summed E-state index contributed by atoms with van der Waals surface area (Å²) < 4.78 is 44.6. The van der Waals surface area contributed by atoms with Crippen LogP contribution in [0.3, 0.4) is 0 Å². The minimum absolute atomic E-state index is 0.00579. The average Bonchev–Trinajstić information content (AvgIpc) is 3.34. The Bertz CT molecular complexity index is 1330. The zero-order valence-corrected chi connectivity index (χ0v) is 18.4. The van der Waals surface area contributed by atoms with Gasteiger partial charge in [-0.05, 0) is 6.07 Å². The van der Waals surface area contributed by atoms with Crippen molar-refractivity contribution in [2.75, 3.05) is 32.2 Å². The number of fused-ring (bicyclic) bond motifs is 1. The lowest BCUT2D eigenvalue weighted by molar-refractivity contribution is -0.109. The number of benzene rings is 1. The Balaban J connectivity index is 1.30. The van der Waals surface area contributed by atoms with Gasteiger partial charge in [0.15, 0.2) is 17.2 Å². The predicted octanol–water partition coefficient (Wildman–Crippen LogP) is -1.70. The molecule has 0 aliphatic carbocycles. The molecule has 2 fully saturated rings. The molecule has 0 radical (unpaired) electrons. The number of aromatic hydroxyl groups is 1. The van der Waals surface area contributed by atoms with Gasteiger partial charge in [-0.1, -0.05) is 18.2 Å². The van der Waals surface area contributed by atoms with Gasteiger partial charge in [-0.3, -0.25) is 8.75 Å². The zero-order chi connectivity index (χ0) is 24.1. The van der Waals surface area contributed by atoms with Crippen LogP contribution in [0.15, 0.2) is 36.9 Å². The van der Waals surface area contributed by atoms with Crippen molar-refractivity contribution >= 4 is 27.3 Å². The molecule has 4 heterocycles. The summed E-state index contributed by atoms with van der Waals surface area (Å²) in [6, 6.07) is 6.29. The molecule has 1 aromatic carbocycles. The number of aliphatic hydroxyl groups excluding tert-OH is 1. The smallest absolute Gasteiger partial charge is 0.336 e. The van der Waals surface area contributed by atoms with E-state index < -0.39 is 40.4 Å². The number of hydrogen-bond donors (Lipinski definition) is 5. The van der Waals surface area contributed by atoms with Crippen LogP contribution in [-0.4, -0.2) is 81.9 Å². The summed E-state index contributed by atoms with van der Waals surface area (Å²) >= 11 is 0. The molecule has 0 spiro atoms. The molecule has 2 saturated heterocycles. The van der Waals surface area contributed by atoms with Crippen LogP contribution >= 0.6 is 0 Å². The van der Waals surface area contributed by atoms with Crippen LogP contribution in [0.25, 0.3) is 11.2 Å². The van der Waals surface area contributed by atoms with Gasteiger partial charge < -0.3 is 30.5 Å². The number of aliphatic hydroxyl groups is 2. The van der Waals surface area contributed by atoms with Gasteiger partial charge in [0.1, 0.15) is 35.3 Å². The average molecular weight is 494 g/mol. The molecule has 2 aromatic heterocycles. The molecule has 0 unspecified atom stereocenters. The summed E-state index contributed by atoms with van der Waals surface area (Å²) in [5.41, 5.74) is 3.31. The van der Waals surface area contributed by atoms with Gasteiger partial charge in [-0.2, -0.15) is 13.1 Å². The molecule has 0 saturated carbocycles. The third-order valence-corrected chi connectivity index (χ3v) is 7.03. The number of hydrogen-bond acceptors (Lipinski definition) is 12. The first-order valence-electron chi connectivity index (χ1n) is 10.2. The fraction of sp³-hybridized carbons (Fsp3) is 0.421. The maximum Gasteiger partial charge on any atom is 0.336 e. The first kappa shape index (κ1) is 22.9. The van der Waals surface area contributed by atoms with Crippen LogP contribution in [0.1, 0.15) is 5.56 Å². The number of anilines is 1. The number of para-hydroxylation sites is 1. The van der Waals surface area contributed by atoms with E-state index in [0.717, 1.165) is 0 Å². The Morgan fingerprint density at radius 2 is 2.00 bits per heavy atom. The van der Waals surface area contributed by atoms with E-state index in [9.17, 15) is 23.7 Å². The van der Waals surface area contributed by atoms with Crippen LogP contribution in [0, 0.1) is 0 Å². The quantitative estimate of drug-likeness (QED) is 0.249. The maximum atomic E-state index is 12.7. The van der Waals surface area contributed by atoms with Crippen LogP contribution < -0.4 is 10.5 Å². The number of rotatable bonds is 7. The van der Waals surface area contributed by atoms with Crippen molar-refractivity contribution in [3.63, 3.8) is 0 Å². The molecule has 6 N–H and O–H groups in total. The lowest BCUT2D eigenvalue weighted by atomic mass is 9.88. The normalized spacial score (nSPS) is 26.5. The fourth-order valence-corrected chi connectivity index (χ4v) is 5.15. The molecule has 34 heavy (non-hydrogen) atoms. The van der Waals surface area contributed by atoms with Crippen molar-refractivity contribution in [1.82, 2.24) is 24.2 Å². The lowest BCUT2D eigenvalue weighted by Crippen LogP contribution is -2.59. The van der Waals surface area contributed by atoms with E-state index in [0.29, 0.717) is 5.56 Å². The number of aromatic nitrogens is 4. The Morgan fingerprint density at radius 3 is 2.71 bits per heavy atom. The molecule has 15 heteroatoms. The van der Waals surface area contributed by atoms with Gasteiger partial charge >= 0.3 is 10.3 Å². The zero-order valence-electron chi connectivity index (χ0n) is 17.6. The van der Waals surface area contributed by atoms with E-state index in [4.69, 9.17) is 19.4 Å². The molecule has 5 rings (SSSR count). The van der Waals surface area contributed by atoms with E-state index in [1.165, 1.54) is 23.3 Å². The van der Waals surface area contributed by atoms with E-state index in [1.54, 1.807) is 18.2 Å². The third kappa shape index (κ3) is 3.67. The van der Waals surface area contributed by atoms with Gasteiger partial charge in [0, 0.05) is 5.56 Å². The molecule has 182 valence electrons. The summed E-state index contributed by atoms with van der Waals surface area (Å²) in [7, 11) is -4.38. The summed E-state index contributed by atoms with van der Waals surface area (Å²) in [5, 5.41) is 32.0. The molecule has 3 aromatic rings. The van der Waals surface area contributed by atoms with Gasteiger partial charge in [0.05, 0.1) is 32.8 Å². The fourth-order valence-electron chi connectivity index (χ4n) is 4.07. The predicted molar refractivity (Wildman–Crippen MR) is 114 cm³/mol. The number of nitrogens with two attached hydrogens (primary N) is 1. The molecular formula is C19H22N6O8S. The molecular weight excluding hydrogens is 472 g/mol. The number of imidazole rings is 1. The number of phenols is 1. The van der Waals surface area contributed by atoms with Crippen molar-refractivity contribution in [2.24, 2.45) is 0 Å². The molecule has 0 amide bonds. The highest BCUT2D eigenvalue weighted by Crippen LogP contribution is 2.36. The SMILES string of the molecule is Nc1ncnc2c1ncn2[C@@]1(O)CO[C@H](COS(=O)(=O)NC2(c3ccccc3O)COC2)[C@H]1O. The van der Waals surface area contributed by atoms with E-state index in [2.05, 4.69) is 19.7 Å². The molecule has 3 atom stereocenters. The number of nitrogen functional groups attached to an aromatic ring is 1. The molecule has 0 bridgehead atoms. The number of nitrogens with zero attached hydrogens (tertiary/aromatic N) is 4. The van der Waals surface area contributed by atoms with Crippen LogP contribution in [-0.2, 0) is 35.2 Å². The van der Waals surface area contributed by atoms with E-state index in [1.807, 2.05) is 0 Å². The minimum atomic E-state index is -4.38.